The molecule has 0 fully saturated rings. The maximum absolute atomic E-state index is 10.9. The van der Waals surface area contributed by atoms with E-state index in [0.717, 1.165) is 5.69 Å². The van der Waals surface area contributed by atoms with Crippen LogP contribution in [0.15, 0.2) is 18.3 Å². The number of rotatable bonds is 5. The van der Waals surface area contributed by atoms with Gasteiger partial charge in [-0.25, -0.2) is 19.4 Å². The molecule has 0 spiro atoms. The van der Waals surface area contributed by atoms with Crippen LogP contribution in [0, 0.1) is 0 Å². The summed E-state index contributed by atoms with van der Waals surface area (Å²) in [5.74, 6) is 0.282. The molecule has 20 heavy (non-hydrogen) atoms. The molecule has 1 N–H and O–H groups in total. The molecule has 2 aromatic heterocycles. The van der Waals surface area contributed by atoms with Gasteiger partial charge in [0.15, 0.2) is 11.5 Å². The molecule has 0 amide bonds. The Morgan fingerprint density at radius 3 is 2.75 bits per heavy atom. The molecule has 0 aliphatic carbocycles. The van der Waals surface area contributed by atoms with Crippen molar-refractivity contribution in [2.75, 3.05) is 7.11 Å². The van der Waals surface area contributed by atoms with Gasteiger partial charge in [-0.05, 0) is 6.07 Å². The number of carboxylic acids is 1. The van der Waals surface area contributed by atoms with Gasteiger partial charge in [-0.15, -0.1) is 0 Å². The van der Waals surface area contributed by atoms with E-state index < -0.39 is 5.97 Å². The number of carboxylic acid groups (broad SMARTS) is 1. The zero-order valence-electron chi connectivity index (χ0n) is 11.6. The van der Waals surface area contributed by atoms with Crippen LogP contribution in [0.1, 0.15) is 41.8 Å². The third kappa shape index (κ3) is 3.00. The van der Waals surface area contributed by atoms with Crippen LogP contribution in [0.25, 0.3) is 5.82 Å². The van der Waals surface area contributed by atoms with Crippen LogP contribution in [0.4, 0.5) is 0 Å². The summed E-state index contributed by atoms with van der Waals surface area (Å²) in [5.41, 5.74) is 0.705. The number of hydrogen-bond donors (Lipinski definition) is 1. The van der Waals surface area contributed by atoms with E-state index in [1.165, 1.54) is 10.7 Å². The van der Waals surface area contributed by atoms with Gasteiger partial charge < -0.3 is 9.84 Å². The number of ether oxygens (including phenoxy) is 1. The van der Waals surface area contributed by atoms with E-state index in [-0.39, 0.29) is 11.6 Å². The Balaban J connectivity index is 2.45. The number of aromatic nitrogens is 4. The van der Waals surface area contributed by atoms with Crippen LogP contribution in [0.3, 0.4) is 0 Å². The van der Waals surface area contributed by atoms with Crippen molar-refractivity contribution in [3.63, 3.8) is 0 Å². The summed E-state index contributed by atoms with van der Waals surface area (Å²) in [6.07, 6.45) is 1.56. The van der Waals surface area contributed by atoms with E-state index in [1.807, 2.05) is 13.8 Å². The molecule has 7 nitrogen and oxygen atoms in total. The van der Waals surface area contributed by atoms with Gasteiger partial charge in [0.05, 0.1) is 12.3 Å². The monoisotopic (exact) mass is 276 g/mol. The molecule has 0 aliphatic heterocycles. The largest absolute Gasteiger partial charge is 0.476 e. The zero-order chi connectivity index (χ0) is 14.7. The third-order valence-electron chi connectivity index (χ3n) is 2.63. The van der Waals surface area contributed by atoms with E-state index >= 15 is 0 Å². The smallest absolute Gasteiger partial charge is 0.356 e. The Morgan fingerprint density at radius 2 is 2.20 bits per heavy atom. The number of methoxy groups -OCH3 is 1. The fraction of sp³-hybridized carbons (Fsp3) is 0.385. The zero-order valence-corrected chi connectivity index (χ0v) is 11.6. The fourth-order valence-corrected chi connectivity index (χ4v) is 1.67. The summed E-state index contributed by atoms with van der Waals surface area (Å²) in [4.78, 5) is 19.7. The Bertz CT molecular complexity index is 622. The number of carbonyl (C=O) groups is 1. The average Bonchev–Trinajstić information content (AvgIpc) is 2.88. The molecule has 0 aliphatic rings. The van der Waals surface area contributed by atoms with Crippen LogP contribution in [-0.4, -0.2) is 37.9 Å². The van der Waals surface area contributed by atoms with Crippen molar-refractivity contribution in [1.82, 2.24) is 19.7 Å². The third-order valence-corrected chi connectivity index (χ3v) is 2.63. The molecule has 7 heteroatoms. The maximum atomic E-state index is 10.9. The number of hydrogen-bond acceptors (Lipinski definition) is 5. The molecule has 0 saturated heterocycles. The van der Waals surface area contributed by atoms with Gasteiger partial charge in [0, 0.05) is 25.3 Å². The van der Waals surface area contributed by atoms with Gasteiger partial charge in [0.2, 0.25) is 0 Å². The first-order chi connectivity index (χ1) is 9.51. The van der Waals surface area contributed by atoms with Gasteiger partial charge in [0.1, 0.15) is 5.82 Å². The minimum absolute atomic E-state index is 0.0250. The molecule has 0 unspecified atom stereocenters. The fourth-order valence-electron chi connectivity index (χ4n) is 1.67. The minimum Gasteiger partial charge on any atom is -0.476 e. The van der Waals surface area contributed by atoms with Crippen molar-refractivity contribution < 1.29 is 14.6 Å². The van der Waals surface area contributed by atoms with Gasteiger partial charge in [-0.2, -0.15) is 5.10 Å². The summed E-state index contributed by atoms with van der Waals surface area (Å²) in [7, 11) is 1.59. The molecule has 0 aromatic carbocycles. The number of nitrogens with zero attached hydrogens (tertiary/aromatic N) is 4. The highest BCUT2D eigenvalue weighted by Crippen LogP contribution is 2.14. The lowest BCUT2D eigenvalue weighted by atomic mass is 10.2. The summed E-state index contributed by atoms with van der Waals surface area (Å²) < 4.78 is 6.51. The van der Waals surface area contributed by atoms with Crippen molar-refractivity contribution in [3.05, 3.63) is 35.5 Å². The van der Waals surface area contributed by atoms with Gasteiger partial charge in [-0.3, -0.25) is 0 Å². The van der Waals surface area contributed by atoms with Gasteiger partial charge >= 0.3 is 5.97 Å². The lowest BCUT2D eigenvalue weighted by Gasteiger charge is -2.09. The van der Waals surface area contributed by atoms with Gasteiger partial charge in [-0.1, -0.05) is 13.8 Å². The molecule has 0 atom stereocenters. The minimum atomic E-state index is -1.07. The Kier molecular flexibility index (Phi) is 4.09. The van der Waals surface area contributed by atoms with Crippen molar-refractivity contribution in [2.24, 2.45) is 0 Å². The SMILES string of the molecule is COCc1cc(-n2ccc(C(=O)O)n2)nc(C(C)C)n1. The van der Waals surface area contributed by atoms with E-state index in [4.69, 9.17) is 9.84 Å². The van der Waals surface area contributed by atoms with Crippen LogP contribution < -0.4 is 0 Å². The summed E-state index contributed by atoms with van der Waals surface area (Å²) in [6.45, 7) is 4.34. The van der Waals surface area contributed by atoms with E-state index in [9.17, 15) is 4.79 Å². The molecule has 0 radical (unpaired) electrons. The topological polar surface area (TPSA) is 90.1 Å². The summed E-state index contributed by atoms with van der Waals surface area (Å²) >= 11 is 0. The van der Waals surface area contributed by atoms with Gasteiger partial charge in [0.25, 0.3) is 0 Å². The van der Waals surface area contributed by atoms with E-state index in [0.29, 0.717) is 18.2 Å². The predicted molar refractivity (Wildman–Crippen MR) is 70.9 cm³/mol. The molecule has 106 valence electrons. The van der Waals surface area contributed by atoms with Crippen LogP contribution in [0.5, 0.6) is 0 Å². The molecular formula is C13H16N4O3. The number of aromatic carboxylic acids is 1. The molecule has 0 bridgehead atoms. The molecular weight excluding hydrogens is 260 g/mol. The van der Waals surface area contributed by atoms with Crippen molar-refractivity contribution in [2.45, 2.75) is 26.4 Å². The Morgan fingerprint density at radius 1 is 1.45 bits per heavy atom. The highest BCUT2D eigenvalue weighted by Gasteiger charge is 2.12. The molecule has 2 heterocycles. The lowest BCUT2D eigenvalue weighted by Crippen LogP contribution is -2.09. The maximum Gasteiger partial charge on any atom is 0.356 e. The van der Waals surface area contributed by atoms with Crippen molar-refractivity contribution >= 4 is 5.97 Å². The van der Waals surface area contributed by atoms with Crippen LogP contribution in [0.2, 0.25) is 0 Å². The summed E-state index contributed by atoms with van der Waals surface area (Å²) in [5, 5.41) is 12.9. The quantitative estimate of drug-likeness (QED) is 0.892. The van der Waals surface area contributed by atoms with E-state index in [2.05, 4.69) is 15.1 Å². The summed E-state index contributed by atoms with van der Waals surface area (Å²) in [6, 6.07) is 3.16. The molecule has 0 saturated carbocycles. The lowest BCUT2D eigenvalue weighted by molar-refractivity contribution is 0.0690. The second kappa shape index (κ2) is 5.79. The average molecular weight is 276 g/mol. The molecule has 2 aromatic rings. The first-order valence-electron chi connectivity index (χ1n) is 6.17. The molecule has 2 rings (SSSR count). The standard InChI is InChI=1S/C13H16N4O3/c1-8(2)12-14-9(7-20-3)6-11(15-12)17-5-4-10(16-17)13(18)19/h4-6,8H,7H2,1-3H3,(H,18,19). The second-order valence-electron chi connectivity index (χ2n) is 4.61. The second-order valence-corrected chi connectivity index (χ2v) is 4.61. The first-order valence-corrected chi connectivity index (χ1v) is 6.17. The van der Waals surface area contributed by atoms with E-state index in [1.54, 1.807) is 19.4 Å². The Hall–Kier alpha value is -2.28. The Labute approximate surface area is 116 Å². The predicted octanol–water partition coefficient (Wildman–Crippen LogP) is 1.63. The normalized spacial score (nSPS) is 11.0. The highest BCUT2D eigenvalue weighted by atomic mass is 16.5. The highest BCUT2D eigenvalue weighted by molar-refractivity contribution is 5.85. The van der Waals surface area contributed by atoms with Crippen LogP contribution >= 0.6 is 0 Å². The van der Waals surface area contributed by atoms with Crippen molar-refractivity contribution in [1.29, 1.82) is 0 Å². The van der Waals surface area contributed by atoms with Crippen LogP contribution in [-0.2, 0) is 11.3 Å². The first kappa shape index (κ1) is 14.1. The van der Waals surface area contributed by atoms with Crippen molar-refractivity contribution in [3.8, 4) is 5.82 Å².